The van der Waals surface area contributed by atoms with Gasteiger partial charge in [0.25, 0.3) is 0 Å². The summed E-state index contributed by atoms with van der Waals surface area (Å²) in [6.45, 7) is 1.76. The molecule has 0 spiro atoms. The standard InChI is InChI=1S/C16H21NO3/c1-2-14(16(19)20)17-15(18)10-11-8-13(9-11)12-6-4-3-5-7-12/h3-7,11,13-14H,2,8-10H2,1H3,(H,17,18)(H,19,20). The Morgan fingerprint density at radius 3 is 2.50 bits per heavy atom. The van der Waals surface area contributed by atoms with E-state index in [1.54, 1.807) is 6.92 Å². The smallest absolute Gasteiger partial charge is 0.326 e. The van der Waals surface area contributed by atoms with Crippen molar-refractivity contribution in [2.75, 3.05) is 0 Å². The van der Waals surface area contributed by atoms with Crippen LogP contribution in [0.15, 0.2) is 30.3 Å². The van der Waals surface area contributed by atoms with E-state index in [4.69, 9.17) is 5.11 Å². The van der Waals surface area contributed by atoms with Gasteiger partial charge in [-0.1, -0.05) is 37.3 Å². The molecule has 4 heteroatoms. The Labute approximate surface area is 119 Å². The van der Waals surface area contributed by atoms with Crippen LogP contribution in [-0.2, 0) is 9.59 Å². The number of benzene rings is 1. The molecular formula is C16H21NO3. The minimum absolute atomic E-state index is 0.143. The summed E-state index contributed by atoms with van der Waals surface area (Å²) < 4.78 is 0. The summed E-state index contributed by atoms with van der Waals surface area (Å²) in [5, 5.41) is 11.5. The predicted octanol–water partition coefficient (Wildman–Crippen LogP) is 2.55. The van der Waals surface area contributed by atoms with E-state index in [-0.39, 0.29) is 5.91 Å². The van der Waals surface area contributed by atoms with Crippen molar-refractivity contribution in [1.82, 2.24) is 5.32 Å². The average Bonchev–Trinajstić information content (AvgIpc) is 2.40. The Bertz CT molecular complexity index is 466. The van der Waals surface area contributed by atoms with E-state index >= 15 is 0 Å². The van der Waals surface area contributed by atoms with Crippen molar-refractivity contribution < 1.29 is 14.7 Å². The van der Waals surface area contributed by atoms with Crippen molar-refractivity contribution in [2.24, 2.45) is 5.92 Å². The number of carbonyl (C=O) groups excluding carboxylic acids is 1. The first-order chi connectivity index (χ1) is 9.60. The summed E-state index contributed by atoms with van der Waals surface area (Å²) in [4.78, 5) is 22.6. The van der Waals surface area contributed by atoms with E-state index in [0.717, 1.165) is 12.8 Å². The van der Waals surface area contributed by atoms with E-state index in [1.165, 1.54) is 5.56 Å². The molecule has 0 saturated heterocycles. The van der Waals surface area contributed by atoms with Gasteiger partial charge in [0.2, 0.25) is 5.91 Å². The molecule has 2 rings (SSSR count). The monoisotopic (exact) mass is 275 g/mol. The summed E-state index contributed by atoms with van der Waals surface area (Å²) in [6, 6.07) is 9.57. The van der Waals surface area contributed by atoms with Crippen LogP contribution in [0.2, 0.25) is 0 Å². The second-order valence-corrected chi connectivity index (χ2v) is 5.52. The van der Waals surface area contributed by atoms with E-state index in [9.17, 15) is 9.59 Å². The maximum atomic E-state index is 11.8. The lowest BCUT2D eigenvalue weighted by Gasteiger charge is -2.35. The highest BCUT2D eigenvalue weighted by molar-refractivity contribution is 5.83. The van der Waals surface area contributed by atoms with Crippen molar-refractivity contribution in [3.8, 4) is 0 Å². The lowest BCUT2D eigenvalue weighted by atomic mass is 9.70. The first-order valence-corrected chi connectivity index (χ1v) is 7.17. The van der Waals surface area contributed by atoms with Gasteiger partial charge >= 0.3 is 5.97 Å². The molecular weight excluding hydrogens is 254 g/mol. The molecule has 20 heavy (non-hydrogen) atoms. The van der Waals surface area contributed by atoms with Crippen LogP contribution >= 0.6 is 0 Å². The lowest BCUT2D eigenvalue weighted by Crippen LogP contribution is -2.41. The third-order valence-electron chi connectivity index (χ3n) is 4.02. The molecule has 2 N–H and O–H groups in total. The van der Waals surface area contributed by atoms with Crippen LogP contribution in [0.4, 0.5) is 0 Å². The molecule has 1 amide bonds. The zero-order valence-corrected chi connectivity index (χ0v) is 11.7. The van der Waals surface area contributed by atoms with Crippen LogP contribution in [-0.4, -0.2) is 23.0 Å². The summed E-state index contributed by atoms with van der Waals surface area (Å²) in [6.07, 6.45) is 2.88. The topological polar surface area (TPSA) is 66.4 Å². The van der Waals surface area contributed by atoms with E-state index in [2.05, 4.69) is 17.4 Å². The number of amides is 1. The third-order valence-corrected chi connectivity index (χ3v) is 4.02. The zero-order chi connectivity index (χ0) is 14.5. The third kappa shape index (κ3) is 3.59. The average molecular weight is 275 g/mol. The summed E-state index contributed by atoms with van der Waals surface area (Å²) in [7, 11) is 0. The summed E-state index contributed by atoms with van der Waals surface area (Å²) in [5.74, 6) is -0.172. The quantitative estimate of drug-likeness (QED) is 0.838. The molecule has 1 fully saturated rings. The highest BCUT2D eigenvalue weighted by atomic mass is 16.4. The molecule has 1 aromatic carbocycles. The number of carboxylic acids is 1. The highest BCUT2D eigenvalue weighted by Gasteiger charge is 2.32. The fourth-order valence-corrected chi connectivity index (χ4v) is 2.75. The van der Waals surface area contributed by atoms with Gasteiger partial charge in [-0.2, -0.15) is 0 Å². The van der Waals surface area contributed by atoms with Gasteiger partial charge in [-0.15, -0.1) is 0 Å². The second-order valence-electron chi connectivity index (χ2n) is 5.52. The fourth-order valence-electron chi connectivity index (χ4n) is 2.75. The van der Waals surface area contributed by atoms with Gasteiger partial charge in [0.1, 0.15) is 6.04 Å². The van der Waals surface area contributed by atoms with Gasteiger partial charge in [0.05, 0.1) is 0 Å². The van der Waals surface area contributed by atoms with Crippen molar-refractivity contribution in [1.29, 1.82) is 0 Å². The van der Waals surface area contributed by atoms with Gasteiger partial charge in [-0.05, 0) is 36.7 Å². The van der Waals surface area contributed by atoms with Crippen molar-refractivity contribution in [3.05, 3.63) is 35.9 Å². The molecule has 0 radical (unpaired) electrons. The van der Waals surface area contributed by atoms with Crippen LogP contribution in [0.5, 0.6) is 0 Å². The lowest BCUT2D eigenvalue weighted by molar-refractivity contribution is -0.142. The Morgan fingerprint density at radius 1 is 1.30 bits per heavy atom. The van der Waals surface area contributed by atoms with Gasteiger partial charge in [0.15, 0.2) is 0 Å². The van der Waals surface area contributed by atoms with E-state index < -0.39 is 12.0 Å². The SMILES string of the molecule is CCC(NC(=O)CC1CC(c2ccccc2)C1)C(=O)O. The number of hydrogen-bond acceptors (Lipinski definition) is 2. The predicted molar refractivity (Wildman–Crippen MR) is 76.4 cm³/mol. The van der Waals surface area contributed by atoms with Crippen molar-refractivity contribution in [2.45, 2.75) is 44.6 Å². The van der Waals surface area contributed by atoms with Crippen molar-refractivity contribution in [3.63, 3.8) is 0 Å². The van der Waals surface area contributed by atoms with E-state index in [0.29, 0.717) is 24.7 Å². The molecule has 1 aliphatic carbocycles. The second kappa shape index (κ2) is 6.55. The molecule has 0 aromatic heterocycles. The molecule has 1 saturated carbocycles. The Balaban J connectivity index is 1.74. The molecule has 0 heterocycles. The van der Waals surface area contributed by atoms with Crippen LogP contribution in [0, 0.1) is 5.92 Å². The van der Waals surface area contributed by atoms with Gasteiger partial charge in [-0.25, -0.2) is 4.79 Å². The maximum absolute atomic E-state index is 11.8. The van der Waals surface area contributed by atoms with Gasteiger partial charge in [-0.3, -0.25) is 4.79 Å². The molecule has 1 aromatic rings. The fraction of sp³-hybridized carbons (Fsp3) is 0.500. The van der Waals surface area contributed by atoms with Gasteiger partial charge < -0.3 is 10.4 Å². The number of carboxylic acid groups (broad SMARTS) is 1. The molecule has 1 unspecified atom stereocenters. The molecule has 0 aliphatic heterocycles. The number of hydrogen-bond donors (Lipinski definition) is 2. The Kier molecular flexibility index (Phi) is 4.77. The molecule has 1 atom stereocenters. The van der Waals surface area contributed by atoms with Crippen molar-refractivity contribution >= 4 is 11.9 Å². The Hall–Kier alpha value is -1.84. The first kappa shape index (κ1) is 14.6. The Morgan fingerprint density at radius 2 is 1.95 bits per heavy atom. The van der Waals surface area contributed by atoms with E-state index in [1.807, 2.05) is 18.2 Å². The van der Waals surface area contributed by atoms with Crippen LogP contribution in [0.3, 0.4) is 0 Å². The minimum atomic E-state index is -0.961. The normalized spacial score (nSPS) is 22.6. The molecule has 4 nitrogen and oxygen atoms in total. The molecule has 0 bridgehead atoms. The largest absolute Gasteiger partial charge is 0.480 e. The zero-order valence-electron chi connectivity index (χ0n) is 11.7. The maximum Gasteiger partial charge on any atom is 0.326 e. The number of aliphatic carboxylic acids is 1. The summed E-state index contributed by atoms with van der Waals surface area (Å²) in [5.41, 5.74) is 1.33. The number of nitrogens with one attached hydrogen (secondary N) is 1. The van der Waals surface area contributed by atoms with Crippen LogP contribution in [0.1, 0.15) is 44.1 Å². The van der Waals surface area contributed by atoms with Crippen LogP contribution < -0.4 is 5.32 Å². The highest BCUT2D eigenvalue weighted by Crippen LogP contribution is 2.43. The van der Waals surface area contributed by atoms with Crippen LogP contribution in [0.25, 0.3) is 0 Å². The first-order valence-electron chi connectivity index (χ1n) is 7.17. The molecule has 108 valence electrons. The number of rotatable bonds is 6. The number of carbonyl (C=O) groups is 2. The molecule has 1 aliphatic rings. The summed E-state index contributed by atoms with van der Waals surface area (Å²) >= 11 is 0. The minimum Gasteiger partial charge on any atom is -0.480 e. The van der Waals surface area contributed by atoms with Gasteiger partial charge in [0, 0.05) is 6.42 Å².